The highest BCUT2D eigenvalue weighted by Gasteiger charge is 2.41. The summed E-state index contributed by atoms with van der Waals surface area (Å²) < 4.78 is 10.8. The van der Waals surface area contributed by atoms with Gasteiger partial charge in [0.15, 0.2) is 5.90 Å². The van der Waals surface area contributed by atoms with Crippen LogP contribution in [-0.4, -0.2) is 57.9 Å². The number of rotatable bonds is 20. The first-order valence-electron chi connectivity index (χ1n) is 22.0. The van der Waals surface area contributed by atoms with Gasteiger partial charge in [0, 0.05) is 37.3 Å². The van der Waals surface area contributed by atoms with Gasteiger partial charge in [-0.2, -0.15) is 0 Å². The molecule has 8 nitrogen and oxygen atoms in total. The van der Waals surface area contributed by atoms with Crippen molar-refractivity contribution in [2.24, 2.45) is 27.7 Å². The average molecular weight is 958 g/mol. The zero-order valence-electron chi connectivity index (χ0n) is 38.7. The molecule has 0 radical (unpaired) electrons. The molecule has 0 saturated heterocycles. The molecule has 0 saturated carbocycles. The van der Waals surface area contributed by atoms with Crippen LogP contribution in [0.5, 0.6) is 0 Å². The maximum Gasteiger partial charge on any atom is 0.226 e. The van der Waals surface area contributed by atoms with Crippen LogP contribution >= 0.6 is 46.4 Å². The summed E-state index contributed by atoms with van der Waals surface area (Å²) in [5.74, 6) is 0.447. The number of ether oxygens (including phenoxy) is 1. The molecule has 348 valence electrons. The van der Waals surface area contributed by atoms with Crippen molar-refractivity contribution in [3.05, 3.63) is 165 Å². The summed E-state index contributed by atoms with van der Waals surface area (Å²) in [6.07, 6.45) is 4.10. The van der Waals surface area contributed by atoms with Crippen LogP contribution in [0.4, 0.5) is 0 Å². The van der Waals surface area contributed by atoms with E-state index >= 15 is 0 Å². The molecule has 5 rings (SSSR count). The quantitative estimate of drug-likeness (QED) is 0.0653. The molecule has 4 aromatic carbocycles. The Morgan fingerprint density at radius 1 is 0.781 bits per heavy atom. The van der Waals surface area contributed by atoms with Gasteiger partial charge in [-0.1, -0.05) is 149 Å². The summed E-state index contributed by atoms with van der Waals surface area (Å²) in [5, 5.41) is 37.9. The third-order valence-electron chi connectivity index (χ3n) is 12.1. The van der Waals surface area contributed by atoms with E-state index in [-0.39, 0.29) is 36.4 Å². The van der Waals surface area contributed by atoms with Crippen molar-refractivity contribution >= 4 is 58.2 Å². The number of benzene rings is 4. The van der Waals surface area contributed by atoms with Crippen LogP contribution in [0.15, 0.2) is 127 Å². The lowest BCUT2D eigenvalue weighted by atomic mass is 9.72. The van der Waals surface area contributed by atoms with E-state index in [2.05, 4.69) is 39.2 Å². The van der Waals surface area contributed by atoms with E-state index in [9.17, 15) is 20.1 Å². The molecule has 1 aliphatic rings. The summed E-state index contributed by atoms with van der Waals surface area (Å²) in [5.41, 5.74) is 8.33. The Hall–Kier alpha value is -3.70. The minimum atomic E-state index is -0.874. The Morgan fingerprint density at radius 2 is 1.25 bits per heavy atom. The van der Waals surface area contributed by atoms with Gasteiger partial charge in [0.25, 0.3) is 0 Å². The van der Waals surface area contributed by atoms with Crippen molar-refractivity contribution in [3.63, 3.8) is 0 Å². The molecule has 1 heterocycles. The average Bonchev–Trinajstić information content (AvgIpc) is 3.80. The second-order valence-corrected chi connectivity index (χ2v) is 19.6. The van der Waals surface area contributed by atoms with E-state index in [1.807, 2.05) is 81.4 Å². The molecule has 0 spiro atoms. The van der Waals surface area contributed by atoms with E-state index in [1.165, 1.54) is 0 Å². The van der Waals surface area contributed by atoms with Gasteiger partial charge in [0.1, 0.15) is 6.61 Å². The van der Waals surface area contributed by atoms with Gasteiger partial charge in [-0.15, -0.1) is 13.2 Å². The number of carbonyl (C=O) groups excluding carboxylic acids is 1. The molecule has 0 aliphatic carbocycles. The first kappa shape index (κ1) is 52.9. The summed E-state index contributed by atoms with van der Waals surface area (Å²) in [6, 6.07) is 29.2. The predicted octanol–water partition coefficient (Wildman–Crippen LogP) is 12.3. The predicted molar refractivity (Wildman–Crippen MR) is 266 cm³/mol. The van der Waals surface area contributed by atoms with Gasteiger partial charge in [-0.05, 0) is 108 Å². The topological polar surface area (TPSA) is 143 Å². The SMILES string of the molecule is C=CC[C@@](C)(C[C@H](c1cccc(Cl)c1)[C@@H](O)c1ccc(Cl)cc1)C(=O)N[C@H](CO)C(C)C.C=CC[C@@](C)(C[C@H](c1cccc(Cl)c1)[C@@H](O)c1ccc(Cl)cc1)C1=N[C@@H](C(C)C)CO1.[2H]O. The summed E-state index contributed by atoms with van der Waals surface area (Å²) in [4.78, 5) is 18.3. The highest BCUT2D eigenvalue weighted by molar-refractivity contribution is 6.31. The number of hydrogen-bond donors (Lipinski definition) is 4. The van der Waals surface area contributed by atoms with Gasteiger partial charge in [0.2, 0.25) is 7.34 Å². The highest BCUT2D eigenvalue weighted by Crippen LogP contribution is 2.46. The summed E-state index contributed by atoms with van der Waals surface area (Å²) in [6.45, 7) is 20.5. The highest BCUT2D eigenvalue weighted by atomic mass is 35.5. The number of aliphatic imine (C=N–C) groups is 1. The van der Waals surface area contributed by atoms with E-state index in [0.29, 0.717) is 63.9 Å². The van der Waals surface area contributed by atoms with Crippen LogP contribution in [0.1, 0.15) is 115 Å². The maximum atomic E-state index is 13.4. The van der Waals surface area contributed by atoms with Gasteiger partial charge in [-0.25, -0.2) is 4.99 Å². The Bertz CT molecular complexity index is 2140. The lowest BCUT2D eigenvalue weighted by Crippen LogP contribution is -2.48. The molecular weight excluding hydrogens is 890 g/mol. The fourth-order valence-corrected chi connectivity index (χ4v) is 8.69. The molecule has 1 amide bonds. The largest absolute Gasteiger partial charge is 0.478 e. The van der Waals surface area contributed by atoms with Crippen molar-refractivity contribution in [2.45, 2.75) is 103 Å². The van der Waals surface area contributed by atoms with Gasteiger partial charge in [-0.3, -0.25) is 4.79 Å². The van der Waals surface area contributed by atoms with Crippen LogP contribution < -0.4 is 5.32 Å². The summed E-state index contributed by atoms with van der Waals surface area (Å²) in [7, 11) is 0. The third-order valence-corrected chi connectivity index (χ3v) is 13.1. The van der Waals surface area contributed by atoms with E-state index < -0.39 is 29.0 Å². The Labute approximate surface area is 402 Å². The number of hydrogen-bond acceptors (Lipinski definition) is 6. The van der Waals surface area contributed by atoms with Gasteiger partial charge in [0.05, 0.1) is 36.3 Å². The Kier molecular flexibility index (Phi) is 20.9. The number of halogens is 4. The minimum Gasteiger partial charge on any atom is -0.478 e. The number of allylic oxidation sites excluding steroid dienone is 2. The van der Waals surface area contributed by atoms with Crippen molar-refractivity contribution in [1.82, 2.24) is 5.32 Å². The number of carbonyl (C=O) groups is 1. The molecule has 0 fully saturated rings. The molecule has 4 aromatic rings. The standard InChI is InChI=1S/C26H33Cl2NO3.C26H31Cl2NO2.H2O/c1-5-13-26(4,25(32)29-23(16-30)17(2)3)15-22(19-7-6-8-21(28)14-19)24(31)18-9-11-20(27)12-10-18;1-5-13-26(4,25-29-23(16-31-25)17(2)3)15-22(19-7-6-8-21(28)14-19)24(30)18-9-11-20(27)12-10-18;/h5-12,14,17,22-24,30-31H,1,13,15-16H2,2-4H3,(H,29,32);5-12,14,17,22-24,30H,1,13,15-16H2,2-4H3;1H2/t2*22-,23-,24+,26+;/m11./s1/i/hD. The van der Waals surface area contributed by atoms with Crippen molar-refractivity contribution in [3.8, 4) is 0 Å². The van der Waals surface area contributed by atoms with E-state index in [1.54, 1.807) is 48.5 Å². The van der Waals surface area contributed by atoms with Gasteiger partial charge < -0.3 is 30.9 Å². The smallest absolute Gasteiger partial charge is 0.226 e. The molecule has 0 aromatic heterocycles. The maximum absolute atomic E-state index is 13.4. The Morgan fingerprint density at radius 3 is 1.64 bits per heavy atom. The third kappa shape index (κ3) is 14.9. The molecule has 1 aliphatic heterocycles. The van der Waals surface area contributed by atoms with Crippen LogP contribution in [-0.2, 0) is 9.53 Å². The monoisotopic (exact) mass is 955 g/mol. The zero-order valence-corrected chi connectivity index (χ0v) is 40.8. The van der Waals surface area contributed by atoms with Crippen molar-refractivity contribution < 1.29 is 31.8 Å². The number of amides is 1. The fraction of sp³-hybridized carbons (Fsp3) is 0.423. The normalized spacial score (nSPS) is 17.8. The van der Waals surface area contributed by atoms with Gasteiger partial charge >= 0.3 is 0 Å². The zero-order chi connectivity index (χ0) is 48.5. The first-order valence-corrected chi connectivity index (χ1v) is 23.1. The van der Waals surface area contributed by atoms with E-state index in [0.717, 1.165) is 22.6 Å². The van der Waals surface area contributed by atoms with Crippen LogP contribution in [0.3, 0.4) is 0 Å². The van der Waals surface area contributed by atoms with Crippen LogP contribution in [0.25, 0.3) is 0 Å². The van der Waals surface area contributed by atoms with E-state index in [4.69, 9.17) is 63.0 Å². The fourth-order valence-electron chi connectivity index (χ4n) is 8.04. The summed E-state index contributed by atoms with van der Waals surface area (Å²) >= 11 is 24.7. The molecular formula is C52H66Cl4N2O6. The number of nitrogens with one attached hydrogen (secondary N) is 1. The molecule has 12 heteroatoms. The molecule has 6 N–H and O–H groups in total. The Balaban J connectivity index is 0.000000333. The van der Waals surface area contributed by atoms with Crippen LogP contribution in [0, 0.1) is 22.7 Å². The first-order chi connectivity index (χ1) is 30.8. The lowest BCUT2D eigenvalue weighted by molar-refractivity contribution is -0.132. The number of nitrogens with zero attached hydrogens (tertiary/aromatic N) is 1. The second kappa shape index (κ2) is 25.3. The number of aliphatic hydroxyl groups excluding tert-OH is 3. The lowest BCUT2D eigenvalue weighted by Gasteiger charge is -2.35. The molecule has 0 bridgehead atoms. The van der Waals surface area contributed by atoms with Crippen molar-refractivity contribution in [1.29, 1.82) is 0 Å². The molecule has 64 heavy (non-hydrogen) atoms. The van der Waals surface area contributed by atoms with Crippen molar-refractivity contribution in [2.75, 3.05) is 13.2 Å². The second-order valence-electron chi connectivity index (χ2n) is 17.9. The minimum absolute atomic E-state index is 0.0836. The molecule has 8 atom stereocenters. The van der Waals surface area contributed by atoms with Crippen LogP contribution in [0.2, 0.25) is 20.1 Å². The number of aliphatic hydroxyl groups is 3. The molecule has 0 unspecified atom stereocenters.